The Morgan fingerprint density at radius 1 is 0.639 bits per heavy atom. The molecule has 0 aliphatic rings. The van der Waals surface area contributed by atoms with Crippen LogP contribution < -0.4 is 5.73 Å². The van der Waals surface area contributed by atoms with Gasteiger partial charge in [0.1, 0.15) is 13.2 Å². The van der Waals surface area contributed by atoms with Crippen LogP contribution in [0.3, 0.4) is 0 Å². The van der Waals surface area contributed by atoms with Crippen LogP contribution in [0.4, 0.5) is 0 Å². The van der Waals surface area contributed by atoms with Crippen molar-refractivity contribution in [1.29, 1.82) is 0 Å². The maximum Gasteiger partial charge on any atom is 0.327 e. The van der Waals surface area contributed by atoms with Gasteiger partial charge in [-0.15, -0.1) is 0 Å². The normalized spacial score (nSPS) is 12.1. The third kappa shape index (κ3) is 26.0. The number of carbonyl (C=O) groups excluding carboxylic acids is 2. The first-order valence-corrected chi connectivity index (χ1v) is 15.4. The van der Waals surface area contributed by atoms with Crippen LogP contribution in [0.25, 0.3) is 0 Å². The van der Waals surface area contributed by atoms with Gasteiger partial charge in [0.15, 0.2) is 6.10 Å². The first-order chi connectivity index (χ1) is 17.6. The Bertz CT molecular complexity index is 520. The van der Waals surface area contributed by atoms with E-state index in [4.69, 9.17) is 19.7 Å². The van der Waals surface area contributed by atoms with Crippen molar-refractivity contribution >= 4 is 20.6 Å². The summed E-state index contributed by atoms with van der Waals surface area (Å²) in [6, 6.07) is 0. The molecule has 7 nitrogen and oxygen atoms in total. The van der Waals surface area contributed by atoms with Crippen LogP contribution in [0.15, 0.2) is 0 Å². The summed E-state index contributed by atoms with van der Waals surface area (Å²) in [6.45, 7) is 2.86. The van der Waals surface area contributed by atoms with E-state index in [1.807, 2.05) is 0 Å². The van der Waals surface area contributed by atoms with Crippen molar-refractivity contribution in [3.05, 3.63) is 0 Å². The van der Waals surface area contributed by atoms with E-state index in [0.717, 1.165) is 57.9 Å². The Morgan fingerprint density at radius 2 is 1.08 bits per heavy atom. The third-order valence-corrected chi connectivity index (χ3v) is 6.62. The van der Waals surface area contributed by atoms with Crippen molar-refractivity contribution < 1.29 is 28.2 Å². The Balaban J connectivity index is 3.81. The summed E-state index contributed by atoms with van der Waals surface area (Å²) in [4.78, 5) is 24.2. The highest BCUT2D eigenvalue weighted by Gasteiger charge is 2.17. The molecule has 0 heterocycles. The van der Waals surface area contributed by atoms with Gasteiger partial charge >= 0.3 is 20.6 Å². The van der Waals surface area contributed by atoms with E-state index in [2.05, 4.69) is 6.92 Å². The fraction of sp³-hybridized carbons (Fsp3) is 0.929. The molecule has 0 saturated heterocycles. The fourth-order valence-electron chi connectivity index (χ4n) is 4.14. The monoisotopic (exact) mass is 531 g/mol. The summed E-state index contributed by atoms with van der Waals surface area (Å²) in [5.41, 5.74) is 5.49. The Morgan fingerprint density at radius 3 is 1.56 bits per heavy atom. The van der Waals surface area contributed by atoms with Crippen LogP contribution in [0, 0.1) is 0 Å². The highest BCUT2D eigenvalue weighted by atomic mass is 31.1. The van der Waals surface area contributed by atoms with Gasteiger partial charge in [-0.2, -0.15) is 0 Å². The summed E-state index contributed by atoms with van der Waals surface area (Å²) >= 11 is 0. The Hall–Kier alpha value is -1.04. The maximum atomic E-state index is 12.2. The molecule has 0 fully saturated rings. The minimum atomic E-state index is -0.734. The van der Waals surface area contributed by atoms with E-state index >= 15 is 0 Å². The van der Waals surface area contributed by atoms with Gasteiger partial charge in [-0.3, -0.25) is 14.1 Å². The Labute approximate surface area is 222 Å². The van der Waals surface area contributed by atoms with Crippen molar-refractivity contribution in [2.24, 2.45) is 5.73 Å². The molecule has 0 aromatic heterocycles. The van der Waals surface area contributed by atoms with Crippen LogP contribution in [0.1, 0.15) is 142 Å². The lowest BCUT2D eigenvalue weighted by molar-refractivity contribution is -0.160. The second-order valence-corrected chi connectivity index (χ2v) is 10.2. The number of nitrogens with two attached hydrogens (primary N) is 1. The number of ether oxygens (including phenoxy) is 2. The molecule has 0 spiro atoms. The van der Waals surface area contributed by atoms with E-state index in [9.17, 15) is 14.2 Å². The third-order valence-electron chi connectivity index (χ3n) is 6.36. The molecule has 212 valence electrons. The second kappa shape index (κ2) is 28.5. The van der Waals surface area contributed by atoms with Crippen molar-refractivity contribution in [2.75, 3.05) is 19.8 Å². The van der Waals surface area contributed by atoms with Gasteiger partial charge in [0.2, 0.25) is 0 Å². The zero-order valence-corrected chi connectivity index (χ0v) is 23.9. The topological polar surface area (TPSA) is 105 Å². The molecule has 8 heteroatoms. The second-order valence-electron chi connectivity index (χ2n) is 9.82. The van der Waals surface area contributed by atoms with E-state index < -0.39 is 14.8 Å². The molecule has 0 rings (SSSR count). The lowest BCUT2D eigenvalue weighted by Gasteiger charge is -2.16. The van der Waals surface area contributed by atoms with Gasteiger partial charge in [-0.05, 0) is 25.8 Å². The van der Waals surface area contributed by atoms with Crippen molar-refractivity contribution in [3.63, 3.8) is 0 Å². The predicted molar refractivity (Wildman–Crippen MR) is 146 cm³/mol. The molecule has 2 N–H and O–H groups in total. The number of rotatable bonds is 28. The quantitative estimate of drug-likeness (QED) is 0.0623. The molecule has 0 aromatic carbocycles. The van der Waals surface area contributed by atoms with Crippen LogP contribution in [0.2, 0.25) is 0 Å². The van der Waals surface area contributed by atoms with Gasteiger partial charge in [0.25, 0.3) is 0 Å². The van der Waals surface area contributed by atoms with Crippen LogP contribution in [-0.2, 0) is 28.2 Å². The lowest BCUT2D eigenvalue weighted by atomic mass is 10.0. The summed E-state index contributed by atoms with van der Waals surface area (Å²) in [7, 11) is -0.489. The van der Waals surface area contributed by atoms with Crippen LogP contribution >= 0.6 is 8.69 Å². The fourth-order valence-corrected chi connectivity index (χ4v) is 4.37. The van der Waals surface area contributed by atoms with Gasteiger partial charge in [0.05, 0.1) is 0 Å². The lowest BCUT2D eigenvalue weighted by Crippen LogP contribution is -2.28. The molecule has 0 aliphatic heterocycles. The molecule has 36 heavy (non-hydrogen) atoms. The van der Waals surface area contributed by atoms with E-state index in [1.54, 1.807) is 0 Å². The first kappa shape index (κ1) is 35.0. The van der Waals surface area contributed by atoms with Crippen molar-refractivity contribution in [3.8, 4) is 0 Å². The highest BCUT2D eigenvalue weighted by Crippen LogP contribution is 2.14. The molecule has 1 atom stereocenters. The van der Waals surface area contributed by atoms with Gasteiger partial charge in [0, 0.05) is 12.8 Å². The molecule has 0 bridgehead atoms. The molecule has 0 aliphatic carbocycles. The van der Waals surface area contributed by atoms with Crippen molar-refractivity contribution in [2.45, 2.75) is 148 Å². The number of esters is 2. The molecule has 0 aromatic rings. The Kier molecular flexibility index (Phi) is 27.7. The summed E-state index contributed by atoms with van der Waals surface area (Å²) in [5.74, 6) is -0.635. The average Bonchev–Trinajstić information content (AvgIpc) is 2.87. The number of unbranched alkanes of at least 4 members (excludes halogenated alkanes) is 17. The number of carbonyl (C=O) groups is 2. The van der Waals surface area contributed by atoms with E-state index in [-0.39, 0.29) is 25.2 Å². The summed E-state index contributed by atoms with van der Waals surface area (Å²) in [5, 5.41) is 0. The maximum absolute atomic E-state index is 12.2. The smallest absolute Gasteiger partial charge is 0.327 e. The van der Waals surface area contributed by atoms with Crippen molar-refractivity contribution in [1.82, 2.24) is 0 Å². The van der Waals surface area contributed by atoms with Crippen LogP contribution in [0.5, 0.6) is 0 Å². The van der Waals surface area contributed by atoms with Gasteiger partial charge in [-0.1, -0.05) is 110 Å². The first-order valence-electron chi connectivity index (χ1n) is 14.6. The summed E-state index contributed by atoms with van der Waals surface area (Å²) in [6.07, 6.45) is 22.2. The molecule has 0 unspecified atom stereocenters. The zero-order valence-electron chi connectivity index (χ0n) is 23.0. The van der Waals surface area contributed by atoms with Crippen LogP contribution in [-0.4, -0.2) is 37.8 Å². The van der Waals surface area contributed by atoms with E-state index in [0.29, 0.717) is 12.8 Å². The minimum absolute atomic E-state index is 0.0642. The molecular formula is C28H54NO6P. The largest absolute Gasteiger partial charge is 0.462 e. The zero-order chi connectivity index (χ0) is 26.5. The molecule has 0 saturated carbocycles. The molecular weight excluding hydrogens is 477 g/mol. The number of hydrogen-bond acceptors (Lipinski definition) is 7. The standard InChI is InChI=1S/C28H54NO6P/c1-2-3-4-5-6-7-8-9-10-12-16-19-22-28(31)35-26(25-34-36-32)24-33-27(30)21-18-15-13-11-14-17-20-23-29/h26H,2-25,29H2,1H3/t26-/m1/s1. The van der Waals surface area contributed by atoms with Gasteiger partial charge in [-0.25, -0.2) is 4.57 Å². The number of hydrogen-bond donors (Lipinski definition) is 1. The molecule has 0 radical (unpaired) electrons. The molecule has 0 amide bonds. The predicted octanol–water partition coefficient (Wildman–Crippen LogP) is 7.84. The average molecular weight is 532 g/mol. The minimum Gasteiger partial charge on any atom is -0.462 e. The summed E-state index contributed by atoms with van der Waals surface area (Å²) < 4.78 is 26.1. The van der Waals surface area contributed by atoms with Gasteiger partial charge < -0.3 is 15.2 Å². The SMILES string of the molecule is CCCCCCCCCCCCCCC(=O)O[C@@H](COP=O)COC(=O)CCCCCCCCCN. The highest BCUT2D eigenvalue weighted by molar-refractivity contribution is 7.17. The van der Waals surface area contributed by atoms with E-state index in [1.165, 1.54) is 70.6 Å².